The van der Waals surface area contributed by atoms with Crippen molar-refractivity contribution < 1.29 is 23.9 Å². The minimum Gasteiger partial charge on any atom is -0.480 e. The highest BCUT2D eigenvalue weighted by atomic mass is 16.5. The molecule has 92 valence electrons. The first-order valence-electron chi connectivity index (χ1n) is 4.92. The minimum absolute atomic E-state index is 0.0490. The molecule has 0 N–H and O–H groups in total. The van der Waals surface area contributed by atoms with Gasteiger partial charge in [-0.1, -0.05) is 5.92 Å². The maximum Gasteiger partial charge on any atom is 0.337 e. The highest BCUT2D eigenvalue weighted by molar-refractivity contribution is 6.34. The Morgan fingerprint density at radius 3 is 2.72 bits per heavy atom. The smallest absolute Gasteiger partial charge is 0.337 e. The minimum atomic E-state index is -0.751. The number of carbonyl (C=O) groups excluding carboxylic acids is 3. The standard InChI is InChI=1S/C13H10O5/c1-3-6-18-12-7-9(13(16)17-2)4-5-10(12)11(15)8-14/h1,4-5,7-8H,6H2,2H3. The van der Waals surface area contributed by atoms with E-state index in [9.17, 15) is 14.4 Å². The molecule has 1 aromatic carbocycles. The topological polar surface area (TPSA) is 69.7 Å². The number of esters is 1. The highest BCUT2D eigenvalue weighted by Gasteiger charge is 2.15. The van der Waals surface area contributed by atoms with Gasteiger partial charge in [-0.25, -0.2) is 4.79 Å². The normalized spacial score (nSPS) is 9.11. The average Bonchev–Trinajstić information content (AvgIpc) is 2.42. The number of hydrogen-bond donors (Lipinski definition) is 0. The third-order valence-electron chi connectivity index (χ3n) is 2.09. The Morgan fingerprint density at radius 2 is 2.17 bits per heavy atom. The van der Waals surface area contributed by atoms with Crippen LogP contribution in [0.4, 0.5) is 0 Å². The number of ether oxygens (including phenoxy) is 2. The predicted molar refractivity (Wildman–Crippen MR) is 62.5 cm³/mol. The van der Waals surface area contributed by atoms with E-state index in [2.05, 4.69) is 10.7 Å². The van der Waals surface area contributed by atoms with Gasteiger partial charge in [0.1, 0.15) is 12.4 Å². The van der Waals surface area contributed by atoms with Gasteiger partial charge in [0.15, 0.2) is 6.29 Å². The molecule has 0 bridgehead atoms. The lowest BCUT2D eigenvalue weighted by Gasteiger charge is -2.08. The van der Waals surface area contributed by atoms with Crippen LogP contribution in [0.3, 0.4) is 0 Å². The molecular formula is C13H10O5. The Labute approximate surface area is 104 Å². The number of benzene rings is 1. The van der Waals surface area contributed by atoms with Gasteiger partial charge in [-0.2, -0.15) is 0 Å². The molecule has 1 aromatic rings. The van der Waals surface area contributed by atoms with Gasteiger partial charge in [0.25, 0.3) is 0 Å². The molecule has 1 rings (SSSR count). The Bertz CT molecular complexity index is 525. The fourth-order valence-corrected chi connectivity index (χ4v) is 1.27. The van der Waals surface area contributed by atoms with Crippen molar-refractivity contribution in [1.29, 1.82) is 0 Å². The lowest BCUT2D eigenvalue weighted by Crippen LogP contribution is -2.08. The number of carbonyl (C=O) groups is 3. The number of rotatable bonds is 5. The zero-order valence-corrected chi connectivity index (χ0v) is 9.64. The number of ketones is 1. The van der Waals surface area contributed by atoms with Crippen LogP contribution in [0, 0.1) is 12.3 Å². The largest absolute Gasteiger partial charge is 0.480 e. The first-order chi connectivity index (χ1) is 8.63. The molecule has 0 radical (unpaired) electrons. The highest BCUT2D eigenvalue weighted by Crippen LogP contribution is 2.21. The molecule has 18 heavy (non-hydrogen) atoms. The van der Waals surface area contributed by atoms with E-state index in [0.717, 1.165) is 0 Å². The van der Waals surface area contributed by atoms with E-state index in [1.807, 2.05) is 0 Å². The first kappa shape index (κ1) is 13.5. The fourth-order valence-electron chi connectivity index (χ4n) is 1.27. The summed E-state index contributed by atoms with van der Waals surface area (Å²) in [5.74, 6) is 0.972. The molecule has 5 nitrogen and oxygen atoms in total. The number of aldehydes is 1. The number of terminal acetylenes is 1. The maximum absolute atomic E-state index is 11.3. The van der Waals surface area contributed by atoms with Crippen molar-refractivity contribution in [2.45, 2.75) is 0 Å². The molecule has 0 fully saturated rings. The third-order valence-corrected chi connectivity index (χ3v) is 2.09. The molecule has 0 heterocycles. The summed E-state index contributed by atoms with van der Waals surface area (Å²) in [4.78, 5) is 33.1. The van der Waals surface area contributed by atoms with Gasteiger partial charge < -0.3 is 9.47 Å². The quantitative estimate of drug-likeness (QED) is 0.253. The number of Topliss-reactive ketones (excluding diaryl/α,β-unsaturated/α-hetero) is 1. The van der Waals surface area contributed by atoms with Crippen LogP contribution < -0.4 is 4.74 Å². The summed E-state index contributed by atoms with van der Waals surface area (Å²) >= 11 is 0. The lowest BCUT2D eigenvalue weighted by atomic mass is 10.1. The molecule has 0 unspecified atom stereocenters. The molecule has 5 heteroatoms. The number of hydrogen-bond acceptors (Lipinski definition) is 5. The molecule has 0 saturated carbocycles. The van der Waals surface area contributed by atoms with E-state index in [1.54, 1.807) is 0 Å². The molecular weight excluding hydrogens is 236 g/mol. The Balaban J connectivity index is 3.20. The van der Waals surface area contributed by atoms with Crippen molar-refractivity contribution in [2.75, 3.05) is 13.7 Å². The van der Waals surface area contributed by atoms with Crippen molar-refractivity contribution in [3.63, 3.8) is 0 Å². The van der Waals surface area contributed by atoms with Crippen molar-refractivity contribution in [3.05, 3.63) is 29.3 Å². The summed E-state index contributed by atoms with van der Waals surface area (Å²) in [5.41, 5.74) is 0.250. The van der Waals surface area contributed by atoms with Crippen LogP contribution >= 0.6 is 0 Å². The van der Waals surface area contributed by atoms with Crippen molar-refractivity contribution >= 4 is 18.0 Å². The van der Waals surface area contributed by atoms with Crippen LogP contribution in [-0.4, -0.2) is 31.8 Å². The van der Waals surface area contributed by atoms with Gasteiger partial charge in [-0.05, 0) is 18.2 Å². The van der Waals surface area contributed by atoms with Crippen LogP contribution in [0.25, 0.3) is 0 Å². The zero-order chi connectivity index (χ0) is 13.5. The summed E-state index contributed by atoms with van der Waals surface area (Å²) in [7, 11) is 1.23. The second-order valence-electron chi connectivity index (χ2n) is 3.18. The second-order valence-corrected chi connectivity index (χ2v) is 3.18. The summed E-state index contributed by atoms with van der Waals surface area (Å²) in [6, 6.07) is 3.99. The van der Waals surface area contributed by atoms with Crippen LogP contribution in [-0.2, 0) is 9.53 Å². The SMILES string of the molecule is C#CCOc1cc(C(=O)OC)ccc1C(=O)C=O. The third kappa shape index (κ3) is 2.95. The molecule has 0 aromatic heterocycles. The van der Waals surface area contributed by atoms with Crippen molar-refractivity contribution in [1.82, 2.24) is 0 Å². The van der Waals surface area contributed by atoms with E-state index in [0.29, 0.717) is 0 Å². The Kier molecular flexibility index (Phi) is 4.64. The lowest BCUT2D eigenvalue weighted by molar-refractivity contribution is -0.104. The zero-order valence-electron chi connectivity index (χ0n) is 9.64. The van der Waals surface area contributed by atoms with E-state index >= 15 is 0 Å². The molecule has 0 atom stereocenters. The van der Waals surface area contributed by atoms with E-state index in [-0.39, 0.29) is 29.8 Å². The molecule has 0 spiro atoms. The van der Waals surface area contributed by atoms with Gasteiger partial charge in [-0.15, -0.1) is 6.42 Å². The monoisotopic (exact) mass is 246 g/mol. The van der Waals surface area contributed by atoms with Gasteiger partial charge in [-0.3, -0.25) is 9.59 Å². The van der Waals surface area contributed by atoms with Gasteiger partial charge in [0.05, 0.1) is 18.2 Å². The van der Waals surface area contributed by atoms with Gasteiger partial charge >= 0.3 is 5.97 Å². The summed E-state index contributed by atoms with van der Waals surface area (Å²) in [6.45, 7) is -0.0796. The van der Waals surface area contributed by atoms with Gasteiger partial charge in [0.2, 0.25) is 5.78 Å². The second kappa shape index (κ2) is 6.21. The molecule has 0 saturated heterocycles. The Morgan fingerprint density at radius 1 is 1.44 bits per heavy atom. The summed E-state index contributed by atoms with van der Waals surface area (Å²) in [5, 5.41) is 0. The number of methoxy groups -OCH3 is 1. The van der Waals surface area contributed by atoms with E-state index in [1.165, 1.54) is 25.3 Å². The van der Waals surface area contributed by atoms with Gasteiger partial charge in [0, 0.05) is 0 Å². The summed E-state index contributed by atoms with van der Waals surface area (Å²) < 4.78 is 9.65. The van der Waals surface area contributed by atoms with Crippen LogP contribution in [0.15, 0.2) is 18.2 Å². The molecule has 0 aliphatic carbocycles. The summed E-state index contributed by atoms with van der Waals surface area (Å²) in [6.07, 6.45) is 5.20. The predicted octanol–water partition coefficient (Wildman–Crippen LogP) is 0.867. The van der Waals surface area contributed by atoms with E-state index < -0.39 is 11.8 Å². The van der Waals surface area contributed by atoms with E-state index in [4.69, 9.17) is 11.2 Å². The van der Waals surface area contributed by atoms with Crippen molar-refractivity contribution in [2.24, 2.45) is 0 Å². The van der Waals surface area contributed by atoms with Crippen molar-refractivity contribution in [3.8, 4) is 18.1 Å². The Hall–Kier alpha value is -2.61. The first-order valence-corrected chi connectivity index (χ1v) is 4.92. The van der Waals surface area contributed by atoms with Crippen LogP contribution in [0.5, 0.6) is 5.75 Å². The molecule has 0 aliphatic heterocycles. The maximum atomic E-state index is 11.3. The van der Waals surface area contributed by atoms with Crippen LogP contribution in [0.1, 0.15) is 20.7 Å². The fraction of sp³-hybridized carbons (Fsp3) is 0.154. The molecule has 0 aliphatic rings. The van der Waals surface area contributed by atoms with Crippen LogP contribution in [0.2, 0.25) is 0 Å². The average molecular weight is 246 g/mol. The molecule has 0 amide bonds.